The lowest BCUT2D eigenvalue weighted by Gasteiger charge is -2.26. The number of nitrogens with zero attached hydrogens (tertiary/aromatic N) is 1. The Hall–Kier alpha value is -1.75. The fourth-order valence-electron chi connectivity index (χ4n) is 3.29. The molecule has 1 saturated heterocycles. The van der Waals surface area contributed by atoms with Gasteiger partial charge in [0.05, 0.1) is 26.8 Å². The summed E-state index contributed by atoms with van der Waals surface area (Å²) in [5, 5.41) is 3.30. The van der Waals surface area contributed by atoms with Crippen molar-refractivity contribution in [2.24, 2.45) is 5.92 Å². The molecule has 1 aromatic rings. The van der Waals surface area contributed by atoms with Crippen molar-refractivity contribution in [3.8, 4) is 11.5 Å². The van der Waals surface area contributed by atoms with Crippen LogP contribution in [-0.2, 0) is 4.79 Å². The zero-order chi connectivity index (χ0) is 16.2. The number of methoxy groups -OCH3 is 2. The summed E-state index contributed by atoms with van der Waals surface area (Å²) in [6.45, 7) is 2.23. The van der Waals surface area contributed by atoms with Crippen LogP contribution >= 0.6 is 0 Å². The molecular weight excluding hydrogens is 292 g/mol. The van der Waals surface area contributed by atoms with Gasteiger partial charge in [0, 0.05) is 18.2 Å². The van der Waals surface area contributed by atoms with Crippen LogP contribution in [0.2, 0.25) is 0 Å². The van der Waals surface area contributed by atoms with Gasteiger partial charge in [-0.25, -0.2) is 0 Å². The Morgan fingerprint density at radius 3 is 2.78 bits per heavy atom. The second-order valence-corrected chi connectivity index (χ2v) is 6.43. The lowest BCUT2D eigenvalue weighted by molar-refractivity contribution is -0.131. The van der Waals surface area contributed by atoms with Gasteiger partial charge in [-0.1, -0.05) is 0 Å². The molecule has 5 nitrogen and oxygen atoms in total. The minimum absolute atomic E-state index is 0.103. The third-order valence-corrected chi connectivity index (χ3v) is 4.78. The SMILES string of the molecule is COc1ccc(C2CCCN2C(=O)CNCC2CC2)c(OC)c1. The van der Waals surface area contributed by atoms with Crippen LogP contribution < -0.4 is 14.8 Å². The van der Waals surface area contributed by atoms with Crippen molar-refractivity contribution in [3.63, 3.8) is 0 Å². The molecule has 2 fully saturated rings. The van der Waals surface area contributed by atoms with E-state index in [2.05, 4.69) is 5.32 Å². The average Bonchev–Trinajstić information content (AvgIpc) is 3.27. The van der Waals surface area contributed by atoms with Gasteiger partial charge in [-0.05, 0) is 50.3 Å². The highest BCUT2D eigenvalue weighted by molar-refractivity contribution is 5.79. The van der Waals surface area contributed by atoms with Gasteiger partial charge in [0.2, 0.25) is 5.91 Å². The fourth-order valence-corrected chi connectivity index (χ4v) is 3.29. The van der Waals surface area contributed by atoms with Gasteiger partial charge in [0.25, 0.3) is 0 Å². The van der Waals surface area contributed by atoms with Crippen molar-refractivity contribution >= 4 is 5.91 Å². The highest BCUT2D eigenvalue weighted by Crippen LogP contribution is 2.38. The Balaban J connectivity index is 1.68. The summed E-state index contributed by atoms with van der Waals surface area (Å²) in [6, 6.07) is 5.95. The van der Waals surface area contributed by atoms with Crippen LogP contribution in [0.1, 0.15) is 37.3 Å². The largest absolute Gasteiger partial charge is 0.497 e. The average molecular weight is 318 g/mol. The van der Waals surface area contributed by atoms with Crippen LogP contribution in [0.4, 0.5) is 0 Å². The summed E-state index contributed by atoms with van der Waals surface area (Å²) in [7, 11) is 3.31. The van der Waals surface area contributed by atoms with Crippen molar-refractivity contribution in [3.05, 3.63) is 23.8 Å². The van der Waals surface area contributed by atoms with E-state index in [1.807, 2.05) is 23.1 Å². The van der Waals surface area contributed by atoms with E-state index in [1.165, 1.54) is 12.8 Å². The van der Waals surface area contributed by atoms with Crippen LogP contribution in [0.3, 0.4) is 0 Å². The van der Waals surface area contributed by atoms with Crippen molar-refractivity contribution in [1.82, 2.24) is 10.2 Å². The fraction of sp³-hybridized carbons (Fsp3) is 0.611. The van der Waals surface area contributed by atoms with Gasteiger partial charge >= 0.3 is 0 Å². The summed E-state index contributed by atoms with van der Waals surface area (Å²) in [6.07, 6.45) is 4.62. The Bertz CT molecular complexity index is 557. The number of ether oxygens (including phenoxy) is 2. The molecule has 23 heavy (non-hydrogen) atoms. The molecule has 5 heteroatoms. The minimum Gasteiger partial charge on any atom is -0.497 e. The summed E-state index contributed by atoms with van der Waals surface area (Å²) in [5.41, 5.74) is 1.07. The predicted molar refractivity (Wildman–Crippen MR) is 88.8 cm³/mol. The zero-order valence-electron chi connectivity index (χ0n) is 14.0. The highest BCUT2D eigenvalue weighted by atomic mass is 16.5. The standard InChI is InChI=1S/C18H26N2O3/c1-22-14-7-8-15(17(10-14)23-2)16-4-3-9-20(16)18(21)12-19-11-13-5-6-13/h7-8,10,13,16,19H,3-6,9,11-12H2,1-2H3. The second-order valence-electron chi connectivity index (χ2n) is 6.43. The number of nitrogens with one attached hydrogen (secondary N) is 1. The summed E-state index contributed by atoms with van der Waals surface area (Å²) in [5.74, 6) is 2.54. The predicted octanol–water partition coefficient (Wildman–Crippen LogP) is 2.37. The quantitative estimate of drug-likeness (QED) is 0.838. The molecule has 1 saturated carbocycles. The van der Waals surface area contributed by atoms with Crippen LogP contribution in [0.25, 0.3) is 0 Å². The third-order valence-electron chi connectivity index (χ3n) is 4.78. The van der Waals surface area contributed by atoms with Gasteiger partial charge in [-0.15, -0.1) is 0 Å². The van der Waals surface area contributed by atoms with Crippen molar-refractivity contribution in [2.45, 2.75) is 31.7 Å². The Morgan fingerprint density at radius 1 is 1.26 bits per heavy atom. The number of rotatable bonds is 7. The van der Waals surface area contributed by atoms with Crippen molar-refractivity contribution < 1.29 is 14.3 Å². The number of amides is 1. The Kier molecular flexibility index (Phi) is 5.06. The lowest BCUT2D eigenvalue weighted by Crippen LogP contribution is -2.38. The first-order valence-electron chi connectivity index (χ1n) is 8.45. The Labute approximate surface area is 137 Å². The molecule has 1 aliphatic carbocycles. The van der Waals surface area contributed by atoms with E-state index in [0.29, 0.717) is 6.54 Å². The molecule has 1 atom stereocenters. The molecule has 3 rings (SSSR count). The van der Waals surface area contributed by atoms with Crippen LogP contribution in [-0.4, -0.2) is 44.7 Å². The lowest BCUT2D eigenvalue weighted by atomic mass is 10.0. The maximum absolute atomic E-state index is 12.6. The molecule has 1 unspecified atom stereocenters. The van der Waals surface area contributed by atoms with E-state index in [0.717, 1.165) is 48.9 Å². The maximum atomic E-state index is 12.6. The summed E-state index contributed by atoms with van der Waals surface area (Å²) >= 11 is 0. The number of hydrogen-bond acceptors (Lipinski definition) is 4. The molecule has 0 spiro atoms. The molecule has 1 aliphatic heterocycles. The molecule has 0 aromatic heterocycles. The molecule has 1 heterocycles. The van der Waals surface area contributed by atoms with Gasteiger partial charge in [-0.3, -0.25) is 4.79 Å². The molecule has 0 radical (unpaired) electrons. The monoisotopic (exact) mass is 318 g/mol. The van der Waals surface area contributed by atoms with E-state index in [-0.39, 0.29) is 11.9 Å². The maximum Gasteiger partial charge on any atom is 0.237 e. The van der Waals surface area contributed by atoms with E-state index in [4.69, 9.17) is 9.47 Å². The molecule has 2 aliphatic rings. The molecule has 1 N–H and O–H groups in total. The van der Waals surface area contributed by atoms with E-state index >= 15 is 0 Å². The van der Waals surface area contributed by atoms with Gasteiger partial charge in [0.1, 0.15) is 11.5 Å². The summed E-state index contributed by atoms with van der Waals surface area (Å²) in [4.78, 5) is 14.5. The Morgan fingerprint density at radius 2 is 2.09 bits per heavy atom. The van der Waals surface area contributed by atoms with E-state index < -0.39 is 0 Å². The van der Waals surface area contributed by atoms with E-state index in [1.54, 1.807) is 14.2 Å². The first-order chi connectivity index (χ1) is 11.2. The minimum atomic E-state index is 0.103. The first-order valence-corrected chi connectivity index (χ1v) is 8.45. The third kappa shape index (κ3) is 3.78. The van der Waals surface area contributed by atoms with Crippen molar-refractivity contribution in [1.29, 1.82) is 0 Å². The highest BCUT2D eigenvalue weighted by Gasteiger charge is 2.32. The summed E-state index contributed by atoms with van der Waals surface area (Å²) < 4.78 is 10.8. The number of benzene rings is 1. The molecule has 1 amide bonds. The van der Waals surface area contributed by atoms with Crippen LogP contribution in [0, 0.1) is 5.92 Å². The normalized spacial score (nSPS) is 20.6. The van der Waals surface area contributed by atoms with Crippen molar-refractivity contribution in [2.75, 3.05) is 33.9 Å². The first kappa shape index (κ1) is 16.1. The number of carbonyl (C=O) groups is 1. The van der Waals surface area contributed by atoms with Crippen LogP contribution in [0.15, 0.2) is 18.2 Å². The van der Waals surface area contributed by atoms with Gasteiger partial charge < -0.3 is 19.7 Å². The number of hydrogen-bond donors (Lipinski definition) is 1. The molecule has 0 bridgehead atoms. The molecule has 1 aromatic carbocycles. The molecular formula is C18H26N2O3. The number of likely N-dealkylation sites (tertiary alicyclic amines) is 1. The van der Waals surface area contributed by atoms with Gasteiger partial charge in [-0.2, -0.15) is 0 Å². The molecule has 126 valence electrons. The second kappa shape index (κ2) is 7.21. The van der Waals surface area contributed by atoms with Crippen LogP contribution in [0.5, 0.6) is 11.5 Å². The zero-order valence-corrected chi connectivity index (χ0v) is 14.0. The number of carbonyl (C=O) groups excluding carboxylic acids is 1. The smallest absolute Gasteiger partial charge is 0.237 e. The van der Waals surface area contributed by atoms with E-state index in [9.17, 15) is 4.79 Å². The topological polar surface area (TPSA) is 50.8 Å². The van der Waals surface area contributed by atoms with Gasteiger partial charge in [0.15, 0.2) is 0 Å².